The fourth-order valence-corrected chi connectivity index (χ4v) is 2.18. The van der Waals surface area contributed by atoms with E-state index in [9.17, 15) is 14.4 Å². The molecule has 2 unspecified atom stereocenters. The van der Waals surface area contributed by atoms with Gasteiger partial charge < -0.3 is 19.5 Å². The van der Waals surface area contributed by atoms with Gasteiger partial charge >= 0.3 is 18.0 Å². The van der Waals surface area contributed by atoms with Crippen molar-refractivity contribution in [2.24, 2.45) is 11.8 Å². The quantitative estimate of drug-likeness (QED) is 0.794. The molecule has 21 heavy (non-hydrogen) atoms. The van der Waals surface area contributed by atoms with Gasteiger partial charge in [-0.2, -0.15) is 0 Å². The van der Waals surface area contributed by atoms with Gasteiger partial charge in [0.25, 0.3) is 0 Å². The first-order chi connectivity index (χ1) is 9.64. The number of piperidine rings is 1. The lowest BCUT2D eigenvalue weighted by molar-refractivity contribution is -0.153. The van der Waals surface area contributed by atoms with Crippen molar-refractivity contribution in [3.63, 3.8) is 0 Å². The summed E-state index contributed by atoms with van der Waals surface area (Å²) in [6.45, 7) is 7.25. The van der Waals surface area contributed by atoms with Gasteiger partial charge in [-0.1, -0.05) is 0 Å². The second kappa shape index (κ2) is 6.78. The summed E-state index contributed by atoms with van der Waals surface area (Å²) in [4.78, 5) is 36.4. The van der Waals surface area contributed by atoms with E-state index in [1.807, 2.05) is 0 Å². The van der Waals surface area contributed by atoms with E-state index in [-0.39, 0.29) is 26.1 Å². The molecule has 0 aromatic carbocycles. The van der Waals surface area contributed by atoms with E-state index in [1.165, 1.54) is 4.90 Å². The molecule has 0 aromatic rings. The van der Waals surface area contributed by atoms with Crippen LogP contribution in [-0.2, 0) is 19.1 Å². The molecule has 7 heteroatoms. The Hall–Kier alpha value is -1.79. The molecular weight excluding hydrogens is 278 g/mol. The third kappa shape index (κ3) is 5.24. The Morgan fingerprint density at radius 2 is 1.76 bits per heavy atom. The maximum Gasteiger partial charge on any atom is 0.410 e. The van der Waals surface area contributed by atoms with Crippen molar-refractivity contribution in [1.29, 1.82) is 0 Å². The first-order valence-corrected chi connectivity index (χ1v) is 7.01. The summed E-state index contributed by atoms with van der Waals surface area (Å²) in [7, 11) is 0. The smallest absolute Gasteiger partial charge is 0.410 e. The van der Waals surface area contributed by atoms with Gasteiger partial charge in [-0.25, -0.2) is 4.79 Å². The van der Waals surface area contributed by atoms with E-state index in [2.05, 4.69) is 0 Å². The van der Waals surface area contributed by atoms with Crippen LogP contribution in [0.2, 0.25) is 0 Å². The summed E-state index contributed by atoms with van der Waals surface area (Å²) in [5.74, 6) is -2.93. The second-order valence-corrected chi connectivity index (χ2v) is 6.11. The zero-order chi connectivity index (χ0) is 16.2. The highest BCUT2D eigenvalue weighted by Gasteiger charge is 2.39. The largest absolute Gasteiger partial charge is 0.481 e. The summed E-state index contributed by atoms with van der Waals surface area (Å²) < 4.78 is 10.2. The van der Waals surface area contributed by atoms with Crippen LogP contribution in [0.3, 0.4) is 0 Å². The number of likely N-dealkylation sites (tertiary alicyclic amines) is 1. The SMILES string of the molecule is CCOC(=O)C1CC(C(=O)O)CN(C(=O)OC(C)(C)C)C1. The Morgan fingerprint density at radius 3 is 2.24 bits per heavy atom. The van der Waals surface area contributed by atoms with Crippen molar-refractivity contribution in [2.75, 3.05) is 19.7 Å². The molecule has 1 rings (SSSR count). The molecule has 1 amide bonds. The van der Waals surface area contributed by atoms with E-state index in [0.717, 1.165) is 0 Å². The van der Waals surface area contributed by atoms with E-state index in [0.29, 0.717) is 0 Å². The van der Waals surface area contributed by atoms with Gasteiger partial charge in [0.05, 0.1) is 18.4 Å². The van der Waals surface area contributed by atoms with Crippen LogP contribution >= 0.6 is 0 Å². The third-order valence-corrected chi connectivity index (χ3v) is 3.07. The van der Waals surface area contributed by atoms with Crippen LogP contribution in [0.4, 0.5) is 4.79 Å². The summed E-state index contributed by atoms with van der Waals surface area (Å²) in [6.07, 6.45) is -0.434. The van der Waals surface area contributed by atoms with Crippen molar-refractivity contribution >= 4 is 18.0 Å². The Morgan fingerprint density at radius 1 is 1.19 bits per heavy atom. The van der Waals surface area contributed by atoms with E-state index >= 15 is 0 Å². The monoisotopic (exact) mass is 301 g/mol. The molecule has 1 saturated heterocycles. The summed E-state index contributed by atoms with van der Waals surface area (Å²) in [6, 6.07) is 0. The summed E-state index contributed by atoms with van der Waals surface area (Å²) >= 11 is 0. The minimum atomic E-state index is -1.03. The molecule has 0 radical (unpaired) electrons. The van der Waals surface area contributed by atoms with Gasteiger partial charge in [0.1, 0.15) is 5.60 Å². The summed E-state index contributed by atoms with van der Waals surface area (Å²) in [5, 5.41) is 9.17. The fourth-order valence-electron chi connectivity index (χ4n) is 2.18. The molecule has 1 N–H and O–H groups in total. The predicted octanol–water partition coefficient (Wildman–Crippen LogP) is 1.51. The van der Waals surface area contributed by atoms with Crippen LogP contribution in [0.5, 0.6) is 0 Å². The second-order valence-electron chi connectivity index (χ2n) is 6.11. The zero-order valence-electron chi connectivity index (χ0n) is 12.9. The maximum absolute atomic E-state index is 12.1. The molecule has 0 bridgehead atoms. The van der Waals surface area contributed by atoms with Crippen molar-refractivity contribution in [3.05, 3.63) is 0 Å². The number of aliphatic carboxylic acids is 1. The molecule has 0 aliphatic carbocycles. The lowest BCUT2D eigenvalue weighted by Crippen LogP contribution is -2.49. The van der Waals surface area contributed by atoms with E-state index in [4.69, 9.17) is 14.6 Å². The highest BCUT2D eigenvalue weighted by molar-refractivity contribution is 5.78. The molecule has 2 atom stereocenters. The highest BCUT2D eigenvalue weighted by atomic mass is 16.6. The number of carbonyl (C=O) groups is 3. The van der Waals surface area contributed by atoms with Crippen molar-refractivity contribution in [2.45, 2.75) is 39.7 Å². The van der Waals surface area contributed by atoms with Crippen molar-refractivity contribution in [1.82, 2.24) is 4.90 Å². The predicted molar refractivity (Wildman–Crippen MR) is 73.7 cm³/mol. The molecule has 0 aromatic heterocycles. The molecule has 1 aliphatic heterocycles. The molecule has 0 spiro atoms. The topological polar surface area (TPSA) is 93.1 Å². The number of carboxylic acids is 1. The van der Waals surface area contributed by atoms with E-state index < -0.39 is 35.5 Å². The van der Waals surface area contributed by atoms with Gasteiger partial charge in [0, 0.05) is 13.1 Å². The zero-order valence-corrected chi connectivity index (χ0v) is 12.9. The van der Waals surface area contributed by atoms with Crippen LogP contribution < -0.4 is 0 Å². The van der Waals surface area contributed by atoms with Crippen LogP contribution in [0.25, 0.3) is 0 Å². The number of rotatable bonds is 3. The minimum Gasteiger partial charge on any atom is -0.481 e. The molecule has 1 aliphatic rings. The van der Waals surface area contributed by atoms with Gasteiger partial charge in [0.2, 0.25) is 0 Å². The van der Waals surface area contributed by atoms with Crippen molar-refractivity contribution < 1.29 is 29.0 Å². The minimum absolute atomic E-state index is 0.0418. The Bertz CT molecular complexity index is 414. The molecule has 120 valence electrons. The first-order valence-electron chi connectivity index (χ1n) is 7.01. The van der Waals surface area contributed by atoms with Gasteiger partial charge in [-0.05, 0) is 34.1 Å². The molecular formula is C14H23NO6. The first kappa shape index (κ1) is 17.3. The van der Waals surface area contributed by atoms with Crippen LogP contribution in [0.15, 0.2) is 0 Å². The number of carboxylic acid groups (broad SMARTS) is 1. The van der Waals surface area contributed by atoms with Crippen LogP contribution in [0, 0.1) is 11.8 Å². The maximum atomic E-state index is 12.1. The summed E-state index contributed by atoms with van der Waals surface area (Å²) in [5.41, 5.74) is -0.674. The number of ether oxygens (including phenoxy) is 2. The Balaban J connectivity index is 2.81. The Kier molecular flexibility index (Phi) is 5.57. The van der Waals surface area contributed by atoms with Gasteiger partial charge in [-0.15, -0.1) is 0 Å². The number of esters is 1. The Labute approximate surface area is 124 Å². The number of nitrogens with zero attached hydrogens (tertiary/aromatic N) is 1. The average Bonchev–Trinajstić information content (AvgIpc) is 2.36. The normalized spacial score (nSPS) is 22.6. The molecule has 7 nitrogen and oxygen atoms in total. The number of carbonyl (C=O) groups excluding carboxylic acids is 2. The van der Waals surface area contributed by atoms with Gasteiger partial charge in [-0.3, -0.25) is 9.59 Å². The lowest BCUT2D eigenvalue weighted by atomic mass is 9.89. The van der Waals surface area contributed by atoms with E-state index in [1.54, 1.807) is 27.7 Å². The number of amides is 1. The lowest BCUT2D eigenvalue weighted by Gasteiger charge is -2.35. The van der Waals surface area contributed by atoms with Gasteiger partial charge in [0.15, 0.2) is 0 Å². The molecule has 1 fully saturated rings. The fraction of sp³-hybridized carbons (Fsp3) is 0.786. The van der Waals surface area contributed by atoms with Crippen LogP contribution in [-0.4, -0.2) is 53.3 Å². The molecule has 0 saturated carbocycles. The average molecular weight is 301 g/mol. The molecule has 1 heterocycles. The number of hydrogen-bond acceptors (Lipinski definition) is 5. The standard InChI is InChI=1S/C14H23NO6/c1-5-20-12(18)10-6-9(11(16)17)7-15(8-10)13(19)21-14(2,3)4/h9-10H,5-8H2,1-4H3,(H,16,17). The number of hydrogen-bond donors (Lipinski definition) is 1. The van der Waals surface area contributed by atoms with Crippen LogP contribution in [0.1, 0.15) is 34.1 Å². The third-order valence-electron chi connectivity index (χ3n) is 3.07. The highest BCUT2D eigenvalue weighted by Crippen LogP contribution is 2.25. The van der Waals surface area contributed by atoms with Crippen molar-refractivity contribution in [3.8, 4) is 0 Å².